The van der Waals surface area contributed by atoms with Gasteiger partial charge in [-0.3, -0.25) is 9.59 Å². The monoisotopic (exact) mass is 565 g/mol. The second-order valence-electron chi connectivity index (χ2n) is 9.98. The van der Waals surface area contributed by atoms with E-state index in [-0.39, 0.29) is 29.9 Å². The summed E-state index contributed by atoms with van der Waals surface area (Å²) in [5.41, 5.74) is 12.4. The molecule has 0 aromatic carbocycles. The molecule has 8 bridgehead atoms. The van der Waals surface area contributed by atoms with Crippen molar-refractivity contribution in [2.75, 3.05) is 0 Å². The van der Waals surface area contributed by atoms with E-state index in [0.29, 0.717) is 24.2 Å². The number of aryl methyl sites for hydroxylation is 2. The normalized spacial score (nSPS) is 13.0. The molecule has 9 heteroatoms. The molecule has 3 aromatic rings. The van der Waals surface area contributed by atoms with Crippen LogP contribution in [0.15, 0.2) is 36.4 Å². The predicted octanol–water partition coefficient (Wildman–Crippen LogP) is 6.52. The molecular weight excluding hydrogens is 535 g/mol. The van der Waals surface area contributed by atoms with Gasteiger partial charge in [0.15, 0.2) is 0 Å². The quantitative estimate of drug-likeness (QED) is 0.252. The van der Waals surface area contributed by atoms with Crippen molar-refractivity contribution in [3.63, 3.8) is 0 Å². The van der Waals surface area contributed by atoms with Gasteiger partial charge in [0.25, 0.3) is 0 Å². The van der Waals surface area contributed by atoms with Crippen LogP contribution in [0.5, 0.6) is 0 Å². The number of aromatic amines is 2. The number of hydrogen-bond acceptors (Lipinski definition) is 4. The van der Waals surface area contributed by atoms with Crippen molar-refractivity contribution in [2.45, 2.75) is 53.4 Å². The Morgan fingerprint density at radius 2 is 1.08 bits per heavy atom. The Kier molecular flexibility index (Phi) is 7.95. The molecule has 0 fully saturated rings. The van der Waals surface area contributed by atoms with Crippen molar-refractivity contribution in [1.29, 1.82) is 0 Å². The number of carboxylic acids is 2. The standard InChI is InChI=1S/C30H30N4O4.Mn/c1-15-9-20-12-25-17(3)21(5-7-29(35)36)27(33-25)14-28-22(6-8-30(37)38)18(4)26(34-28)13-24-16(2)10-19(32-24)11-23(15)31-20;/h9-14,31-32H,5-8H2,1-4H3,(H,35,36)(H,37,38);. The molecule has 0 unspecified atom stereocenters. The van der Waals surface area contributed by atoms with Gasteiger partial charge in [0.05, 0.1) is 22.8 Å². The van der Waals surface area contributed by atoms with Gasteiger partial charge in [-0.2, -0.15) is 0 Å². The van der Waals surface area contributed by atoms with Gasteiger partial charge in [-0.1, -0.05) is 0 Å². The van der Waals surface area contributed by atoms with Crippen molar-refractivity contribution in [1.82, 2.24) is 19.9 Å². The molecule has 3 aromatic heterocycles. The van der Waals surface area contributed by atoms with E-state index in [9.17, 15) is 19.8 Å². The van der Waals surface area contributed by atoms with Gasteiger partial charge in [-0.25, -0.2) is 9.97 Å². The second kappa shape index (κ2) is 11.0. The van der Waals surface area contributed by atoms with E-state index in [1.807, 2.05) is 39.0 Å². The molecule has 1 radical (unpaired) electrons. The molecule has 8 nitrogen and oxygen atoms in total. The van der Waals surface area contributed by atoms with Crippen LogP contribution >= 0.6 is 0 Å². The molecular formula is C30H30MnN4O4. The molecule has 2 aliphatic heterocycles. The SMILES string of the molecule is CC1=C(CCC(=O)O)c2cc3nc(cc4[nH]c(cc4C)cc4[nH]c(cc1n2)cc4C)C(C)=C3CCC(=O)O.[Mn]. The van der Waals surface area contributed by atoms with Crippen LogP contribution in [0.1, 0.15) is 73.4 Å². The number of nitrogens with one attached hydrogen (secondary N) is 2. The summed E-state index contributed by atoms with van der Waals surface area (Å²) in [7, 11) is 0. The summed E-state index contributed by atoms with van der Waals surface area (Å²) >= 11 is 0. The smallest absolute Gasteiger partial charge is 0.303 e. The third-order valence-corrected chi connectivity index (χ3v) is 7.25. The number of carboxylic acid groups (broad SMARTS) is 2. The minimum Gasteiger partial charge on any atom is -0.481 e. The van der Waals surface area contributed by atoms with Gasteiger partial charge in [0.2, 0.25) is 0 Å². The van der Waals surface area contributed by atoms with E-state index in [1.165, 1.54) is 0 Å². The number of hydrogen-bond donors (Lipinski definition) is 4. The van der Waals surface area contributed by atoms with Crippen LogP contribution in [0.4, 0.5) is 0 Å². The minimum absolute atomic E-state index is 0. The van der Waals surface area contributed by atoms with Crippen molar-refractivity contribution < 1.29 is 36.9 Å². The van der Waals surface area contributed by atoms with E-state index in [1.54, 1.807) is 0 Å². The van der Waals surface area contributed by atoms with E-state index in [2.05, 4.69) is 35.1 Å². The molecule has 0 saturated carbocycles. The third kappa shape index (κ3) is 5.75. The molecule has 4 N–H and O–H groups in total. The number of H-pyrrole nitrogens is 2. The average Bonchev–Trinajstić information content (AvgIpc) is 3.53. The number of fused-ring (bicyclic) bond motifs is 8. The van der Waals surface area contributed by atoms with Crippen LogP contribution in [-0.4, -0.2) is 42.1 Å². The third-order valence-electron chi connectivity index (χ3n) is 7.25. The first-order chi connectivity index (χ1) is 18.1. The van der Waals surface area contributed by atoms with Crippen LogP contribution in [0.2, 0.25) is 0 Å². The summed E-state index contributed by atoms with van der Waals surface area (Å²) in [5, 5.41) is 18.7. The van der Waals surface area contributed by atoms with Crippen LogP contribution in [-0.2, 0) is 26.7 Å². The van der Waals surface area contributed by atoms with Crippen LogP contribution < -0.4 is 0 Å². The Bertz CT molecular complexity index is 1730. The second-order valence-corrected chi connectivity index (χ2v) is 9.98. The Balaban J connectivity index is 0.00000353. The number of nitrogens with zero attached hydrogens (tertiary/aromatic N) is 2. The van der Waals surface area contributed by atoms with Crippen LogP contribution in [0.3, 0.4) is 0 Å². The minimum atomic E-state index is -0.873. The largest absolute Gasteiger partial charge is 0.481 e. The van der Waals surface area contributed by atoms with Gasteiger partial charge in [0.1, 0.15) is 0 Å². The number of carbonyl (C=O) groups is 2. The first kappa shape index (κ1) is 28.1. The topological polar surface area (TPSA) is 132 Å². The molecule has 0 atom stereocenters. The van der Waals surface area contributed by atoms with Crippen molar-refractivity contribution >= 4 is 56.3 Å². The average molecular weight is 566 g/mol. The van der Waals surface area contributed by atoms with E-state index < -0.39 is 11.9 Å². The molecule has 2 aliphatic rings. The summed E-state index contributed by atoms with van der Waals surface area (Å²) < 4.78 is 0. The Morgan fingerprint density at radius 1 is 0.641 bits per heavy atom. The Labute approximate surface area is 236 Å². The van der Waals surface area contributed by atoms with E-state index in [4.69, 9.17) is 9.97 Å². The maximum Gasteiger partial charge on any atom is 0.303 e. The van der Waals surface area contributed by atoms with E-state index in [0.717, 1.165) is 66.9 Å². The molecule has 0 aliphatic carbocycles. The predicted molar refractivity (Wildman–Crippen MR) is 149 cm³/mol. The summed E-state index contributed by atoms with van der Waals surface area (Å²) in [5.74, 6) is -1.75. The molecule has 39 heavy (non-hydrogen) atoms. The zero-order valence-electron chi connectivity index (χ0n) is 22.3. The first-order valence-electron chi connectivity index (χ1n) is 12.6. The van der Waals surface area contributed by atoms with Gasteiger partial charge in [0, 0.05) is 52.0 Å². The van der Waals surface area contributed by atoms with Crippen LogP contribution in [0, 0.1) is 13.8 Å². The van der Waals surface area contributed by atoms with Gasteiger partial charge in [-0.15, -0.1) is 0 Å². The van der Waals surface area contributed by atoms with E-state index >= 15 is 0 Å². The molecule has 0 amide bonds. The fourth-order valence-corrected chi connectivity index (χ4v) is 5.10. The summed E-state index contributed by atoms with van der Waals surface area (Å²) in [6.45, 7) is 8.01. The molecule has 0 spiro atoms. The molecule has 0 saturated heterocycles. The van der Waals surface area contributed by atoms with Crippen molar-refractivity contribution in [2.24, 2.45) is 0 Å². The number of allylic oxidation sites excluding steroid dienone is 4. The van der Waals surface area contributed by atoms with Crippen LogP contribution in [0.25, 0.3) is 44.4 Å². The number of aromatic nitrogens is 4. The number of rotatable bonds is 6. The first-order valence-corrected chi connectivity index (χ1v) is 12.6. The zero-order valence-corrected chi connectivity index (χ0v) is 23.5. The fourth-order valence-electron chi connectivity index (χ4n) is 5.10. The van der Waals surface area contributed by atoms with Crippen molar-refractivity contribution in [3.05, 3.63) is 70.3 Å². The molecule has 5 rings (SSSR count). The molecule has 201 valence electrons. The fraction of sp³-hybridized carbons (Fsp3) is 0.267. The van der Waals surface area contributed by atoms with Gasteiger partial charge in [-0.05, 0) is 110 Å². The summed E-state index contributed by atoms with van der Waals surface area (Å²) in [6, 6.07) is 12.1. The number of aliphatic carboxylic acids is 2. The molecule has 5 heterocycles. The van der Waals surface area contributed by atoms with Crippen molar-refractivity contribution in [3.8, 4) is 0 Å². The maximum atomic E-state index is 11.4. The van der Waals surface area contributed by atoms with Gasteiger partial charge < -0.3 is 20.2 Å². The Hall–Kier alpha value is -3.94. The summed E-state index contributed by atoms with van der Waals surface area (Å²) in [4.78, 5) is 39.6. The maximum absolute atomic E-state index is 11.4. The van der Waals surface area contributed by atoms with Gasteiger partial charge >= 0.3 is 11.9 Å². The summed E-state index contributed by atoms with van der Waals surface area (Å²) in [6.07, 6.45) is 0.647. The zero-order chi connectivity index (χ0) is 27.1. The Morgan fingerprint density at radius 3 is 1.56 bits per heavy atom.